The summed E-state index contributed by atoms with van der Waals surface area (Å²) in [6.45, 7) is 3.96. The summed E-state index contributed by atoms with van der Waals surface area (Å²) in [5.41, 5.74) is 0.126. The van der Waals surface area contributed by atoms with Crippen molar-refractivity contribution in [2.75, 3.05) is 0 Å². The third kappa shape index (κ3) is 3.52. The molecule has 0 aliphatic carbocycles. The molecule has 84 valence electrons. The van der Waals surface area contributed by atoms with Crippen molar-refractivity contribution in [3.63, 3.8) is 0 Å². The largest absolute Gasteiger partial charge is 0.417 e. The van der Waals surface area contributed by atoms with Gasteiger partial charge in [-0.1, -0.05) is 35.8 Å². The number of rotatable bonds is 2. The van der Waals surface area contributed by atoms with Gasteiger partial charge in [-0.2, -0.15) is 13.2 Å². The first kappa shape index (κ1) is 12.6. The Morgan fingerprint density at radius 1 is 1.27 bits per heavy atom. The third-order valence-electron chi connectivity index (χ3n) is 1.98. The molecule has 4 heteroatoms. The summed E-state index contributed by atoms with van der Waals surface area (Å²) in [7, 11) is 0. The van der Waals surface area contributed by atoms with Gasteiger partial charge in [-0.15, -0.1) is 0 Å². The van der Waals surface area contributed by atoms with Crippen molar-refractivity contribution in [2.24, 2.45) is 5.92 Å². The molecule has 0 aliphatic rings. The molecule has 0 bridgehead atoms. The van der Waals surface area contributed by atoms with Gasteiger partial charge in [0.25, 0.3) is 0 Å². The molecule has 0 heterocycles. The van der Waals surface area contributed by atoms with Crippen molar-refractivity contribution in [1.82, 2.24) is 0 Å². The molecule has 1 aromatic rings. The second-order valence-corrected chi connectivity index (χ2v) is 4.76. The number of benzene rings is 1. The molecule has 0 radical (unpaired) electrons. The zero-order valence-corrected chi connectivity index (χ0v) is 10.1. The van der Waals surface area contributed by atoms with Crippen LogP contribution >= 0.6 is 15.9 Å². The number of hydrogen-bond acceptors (Lipinski definition) is 0. The summed E-state index contributed by atoms with van der Waals surface area (Å²) in [5, 5.41) is 0. The van der Waals surface area contributed by atoms with E-state index in [4.69, 9.17) is 0 Å². The molecule has 0 unspecified atom stereocenters. The molecule has 0 spiro atoms. The van der Waals surface area contributed by atoms with Gasteiger partial charge in [0.05, 0.1) is 5.56 Å². The predicted molar refractivity (Wildman–Crippen MR) is 57.7 cm³/mol. The summed E-state index contributed by atoms with van der Waals surface area (Å²) < 4.78 is 37.7. The van der Waals surface area contributed by atoms with Gasteiger partial charge >= 0.3 is 6.18 Å². The normalized spacial score (nSPS) is 12.2. The van der Waals surface area contributed by atoms with Gasteiger partial charge in [-0.3, -0.25) is 0 Å². The number of hydrogen-bond donors (Lipinski definition) is 0. The first-order chi connectivity index (χ1) is 6.80. The fourth-order valence-corrected chi connectivity index (χ4v) is 1.86. The molecule has 0 aliphatic heterocycles. The highest BCUT2D eigenvalue weighted by molar-refractivity contribution is 9.10. The van der Waals surface area contributed by atoms with E-state index in [1.807, 2.05) is 13.8 Å². The Balaban J connectivity index is 3.06. The van der Waals surface area contributed by atoms with Crippen molar-refractivity contribution in [3.05, 3.63) is 33.8 Å². The van der Waals surface area contributed by atoms with Gasteiger partial charge < -0.3 is 0 Å². The van der Waals surface area contributed by atoms with Crippen molar-refractivity contribution < 1.29 is 13.2 Å². The molecular formula is C11H12BrF3. The minimum atomic E-state index is -4.29. The van der Waals surface area contributed by atoms with Crippen LogP contribution < -0.4 is 0 Å². The van der Waals surface area contributed by atoms with E-state index < -0.39 is 11.7 Å². The van der Waals surface area contributed by atoms with E-state index >= 15 is 0 Å². The molecule has 0 amide bonds. The first-order valence-corrected chi connectivity index (χ1v) is 5.45. The smallest absolute Gasteiger partial charge is 0.166 e. The number of halogens is 4. The molecule has 15 heavy (non-hydrogen) atoms. The lowest BCUT2D eigenvalue weighted by molar-refractivity contribution is -0.138. The van der Waals surface area contributed by atoms with Crippen molar-refractivity contribution in [2.45, 2.75) is 26.4 Å². The lowest BCUT2D eigenvalue weighted by Gasteiger charge is -2.12. The van der Waals surface area contributed by atoms with Crippen LogP contribution in [0.2, 0.25) is 0 Å². The minimum Gasteiger partial charge on any atom is -0.166 e. The van der Waals surface area contributed by atoms with Crippen LogP contribution in [0.4, 0.5) is 13.2 Å². The molecule has 0 N–H and O–H groups in total. The van der Waals surface area contributed by atoms with E-state index in [1.165, 1.54) is 12.1 Å². The molecule has 0 saturated heterocycles. The maximum Gasteiger partial charge on any atom is 0.417 e. The van der Waals surface area contributed by atoms with Crippen LogP contribution in [0.25, 0.3) is 0 Å². The van der Waals surface area contributed by atoms with Gasteiger partial charge in [0.2, 0.25) is 0 Å². The lowest BCUT2D eigenvalue weighted by atomic mass is 10.0. The average Bonchev–Trinajstić information content (AvgIpc) is 2.05. The highest BCUT2D eigenvalue weighted by Gasteiger charge is 2.32. The van der Waals surface area contributed by atoms with Crippen LogP contribution in [-0.4, -0.2) is 0 Å². The first-order valence-electron chi connectivity index (χ1n) is 4.66. The zero-order chi connectivity index (χ0) is 11.6. The van der Waals surface area contributed by atoms with Crippen LogP contribution in [0.15, 0.2) is 22.7 Å². The standard InChI is InChI=1S/C11H12BrF3/c1-7(2)5-8-3-4-10(12)9(6-8)11(13,14)15/h3-4,6-7H,5H2,1-2H3. The average molecular weight is 281 g/mol. The summed E-state index contributed by atoms with van der Waals surface area (Å²) in [5.74, 6) is 0.354. The summed E-state index contributed by atoms with van der Waals surface area (Å²) in [6, 6.07) is 4.39. The lowest BCUT2D eigenvalue weighted by Crippen LogP contribution is -2.07. The Morgan fingerprint density at radius 3 is 2.33 bits per heavy atom. The van der Waals surface area contributed by atoms with Gasteiger partial charge in [-0.25, -0.2) is 0 Å². The minimum absolute atomic E-state index is 0.0995. The second-order valence-electron chi connectivity index (χ2n) is 3.91. The van der Waals surface area contributed by atoms with Crippen LogP contribution in [0, 0.1) is 5.92 Å². The quantitative estimate of drug-likeness (QED) is 0.739. The number of alkyl halides is 3. The fourth-order valence-electron chi connectivity index (χ4n) is 1.39. The van der Waals surface area contributed by atoms with E-state index in [2.05, 4.69) is 15.9 Å². The van der Waals surface area contributed by atoms with E-state index in [1.54, 1.807) is 6.07 Å². The van der Waals surface area contributed by atoms with Crippen molar-refractivity contribution in [1.29, 1.82) is 0 Å². The molecular weight excluding hydrogens is 269 g/mol. The Bertz CT molecular complexity index is 342. The Morgan fingerprint density at radius 2 is 1.87 bits per heavy atom. The van der Waals surface area contributed by atoms with Gasteiger partial charge in [-0.05, 0) is 30.0 Å². The molecule has 0 saturated carbocycles. The summed E-state index contributed by atoms with van der Waals surface area (Å²) in [4.78, 5) is 0. The topological polar surface area (TPSA) is 0 Å². The fraction of sp³-hybridized carbons (Fsp3) is 0.455. The monoisotopic (exact) mass is 280 g/mol. The predicted octanol–water partition coefficient (Wildman–Crippen LogP) is 4.67. The zero-order valence-electron chi connectivity index (χ0n) is 8.53. The van der Waals surface area contributed by atoms with E-state index in [9.17, 15) is 13.2 Å². The Kier molecular flexibility index (Phi) is 3.82. The highest BCUT2D eigenvalue weighted by atomic mass is 79.9. The maximum absolute atomic E-state index is 12.5. The second kappa shape index (κ2) is 4.56. The van der Waals surface area contributed by atoms with Crippen LogP contribution in [0.5, 0.6) is 0 Å². The van der Waals surface area contributed by atoms with Crippen LogP contribution in [0.3, 0.4) is 0 Å². The van der Waals surface area contributed by atoms with Crippen molar-refractivity contribution >= 4 is 15.9 Å². The van der Waals surface area contributed by atoms with Crippen molar-refractivity contribution in [3.8, 4) is 0 Å². The molecule has 1 aromatic carbocycles. The van der Waals surface area contributed by atoms with E-state index in [0.717, 1.165) is 5.56 Å². The molecule has 0 atom stereocenters. The molecule has 0 fully saturated rings. The van der Waals surface area contributed by atoms with Gasteiger partial charge in [0.15, 0.2) is 0 Å². The Hall–Kier alpha value is -0.510. The van der Waals surface area contributed by atoms with E-state index in [-0.39, 0.29) is 4.47 Å². The Labute approximate surface area is 95.6 Å². The van der Waals surface area contributed by atoms with E-state index in [0.29, 0.717) is 12.3 Å². The molecule has 0 nitrogen and oxygen atoms in total. The van der Waals surface area contributed by atoms with Gasteiger partial charge in [0.1, 0.15) is 0 Å². The van der Waals surface area contributed by atoms with Crippen LogP contribution in [-0.2, 0) is 12.6 Å². The van der Waals surface area contributed by atoms with Gasteiger partial charge in [0, 0.05) is 4.47 Å². The van der Waals surface area contributed by atoms with Crippen LogP contribution in [0.1, 0.15) is 25.0 Å². The summed E-state index contributed by atoms with van der Waals surface area (Å²) in [6.07, 6.45) is -3.62. The third-order valence-corrected chi connectivity index (χ3v) is 2.67. The SMILES string of the molecule is CC(C)Cc1ccc(Br)c(C(F)(F)F)c1. The molecule has 0 aromatic heterocycles. The summed E-state index contributed by atoms with van der Waals surface area (Å²) >= 11 is 2.91. The highest BCUT2D eigenvalue weighted by Crippen LogP contribution is 2.35. The maximum atomic E-state index is 12.5. The molecule has 1 rings (SSSR count).